The second kappa shape index (κ2) is 14.4. The van der Waals surface area contributed by atoms with E-state index in [1.807, 2.05) is 5.92 Å². The van der Waals surface area contributed by atoms with Gasteiger partial charge in [-0.05, 0) is 67.5 Å². The van der Waals surface area contributed by atoms with Crippen LogP contribution in [0.4, 0.5) is 45.3 Å². The second-order valence-corrected chi connectivity index (χ2v) is 16.6. The summed E-state index contributed by atoms with van der Waals surface area (Å²) in [6.45, 7) is -0.444. The number of nitrogens with one attached hydrogen (secondary N) is 2. The number of halogens is 10. The number of pyridine rings is 1. The van der Waals surface area contributed by atoms with Crippen molar-refractivity contribution >= 4 is 44.3 Å². The van der Waals surface area contributed by atoms with Crippen molar-refractivity contribution in [3.63, 3.8) is 0 Å². The summed E-state index contributed by atoms with van der Waals surface area (Å²) in [5, 5.41) is 20.3. The molecule has 3 aromatic heterocycles. The smallest absolute Gasteiger partial charge is 0.372 e. The van der Waals surface area contributed by atoms with Gasteiger partial charge in [-0.15, -0.1) is 0 Å². The molecular weight excluding hydrogens is 845 g/mol. The quantitative estimate of drug-likeness (QED) is 0.103. The van der Waals surface area contributed by atoms with Crippen LogP contribution in [0.25, 0.3) is 22.0 Å². The molecule has 3 N–H and O–H groups in total. The maximum Gasteiger partial charge on any atom is 0.435 e. The van der Waals surface area contributed by atoms with Crippen molar-refractivity contribution in [2.24, 2.45) is 13.0 Å². The SMILES string of the molecule is Cn1nc(NS(C)(=O)=O)c2c(Cl)ccc(-c3ccc(C#CC(C)(O)C(F)F)nc3[C@H](Cc3cc(F)cc(F)c3)NC(=O)Cn3nc(C(F)(F)F)c4c3C(F)(F)C3C[C@H]43)c21. The highest BCUT2D eigenvalue weighted by Crippen LogP contribution is 2.68. The van der Waals surface area contributed by atoms with Crippen LogP contribution in [0.3, 0.4) is 0 Å². The van der Waals surface area contributed by atoms with E-state index in [0.29, 0.717) is 6.07 Å². The van der Waals surface area contributed by atoms with Gasteiger partial charge in [-0.25, -0.2) is 31.0 Å². The Morgan fingerprint density at radius 1 is 1.08 bits per heavy atom. The van der Waals surface area contributed by atoms with E-state index in [4.69, 9.17) is 11.6 Å². The van der Waals surface area contributed by atoms with Crippen molar-refractivity contribution in [2.75, 3.05) is 11.0 Å². The Hall–Kier alpha value is -5.33. The number of fused-ring (bicyclic) bond motifs is 4. The summed E-state index contributed by atoms with van der Waals surface area (Å²) in [6.07, 6.45) is -8.32. The molecule has 0 spiro atoms. The van der Waals surface area contributed by atoms with Gasteiger partial charge in [0.05, 0.1) is 33.9 Å². The van der Waals surface area contributed by atoms with Crippen molar-refractivity contribution in [3.8, 4) is 23.0 Å². The molecule has 0 aliphatic heterocycles. The Labute approximate surface area is 333 Å². The number of alkyl halides is 7. The van der Waals surface area contributed by atoms with Crippen molar-refractivity contribution in [1.82, 2.24) is 29.9 Å². The lowest BCUT2D eigenvalue weighted by Gasteiger charge is -2.23. The van der Waals surface area contributed by atoms with Gasteiger partial charge < -0.3 is 10.4 Å². The van der Waals surface area contributed by atoms with Gasteiger partial charge in [0.1, 0.15) is 29.6 Å². The first-order chi connectivity index (χ1) is 27.4. The van der Waals surface area contributed by atoms with E-state index in [0.717, 1.165) is 25.3 Å². The van der Waals surface area contributed by atoms with Gasteiger partial charge in [-0.3, -0.25) is 18.9 Å². The number of hydrogen-bond donors (Lipinski definition) is 3. The molecule has 3 heterocycles. The standard InChI is InChI=1S/C37H29ClF9N7O4S/c1-35(56,34(41)42)9-8-19-4-5-20(21-6-7-24(38)28-30(21)53(2)51-33(28)52-59(3,57)58)29(48-19)25(12-16-10-17(39)13-18(40)11-16)49-26(55)15-54-32-27(31(50-54)37(45,46)47)22-14-23(22)36(32,43)44/h4-7,10-11,13,22-23,25,34,56H,12,14-15H2,1-3H3,(H,49,55)(H,51,52)/t22-,23?,25-,35?/m0/s1. The van der Waals surface area contributed by atoms with Gasteiger partial charge in [0.25, 0.3) is 12.3 Å². The molecule has 2 aliphatic rings. The van der Waals surface area contributed by atoms with Crippen LogP contribution in [-0.2, 0) is 46.9 Å². The highest BCUT2D eigenvalue weighted by Gasteiger charge is 2.68. The third-order valence-corrected chi connectivity index (χ3v) is 10.7. The molecule has 7 rings (SSSR count). The molecular formula is C37H29ClF9N7O4S. The lowest BCUT2D eigenvalue weighted by molar-refractivity contribution is -0.142. The third kappa shape index (κ3) is 8.04. The summed E-state index contributed by atoms with van der Waals surface area (Å²) < 4.78 is 157. The van der Waals surface area contributed by atoms with Gasteiger partial charge in [-0.1, -0.05) is 23.6 Å². The van der Waals surface area contributed by atoms with E-state index in [9.17, 15) is 49.1 Å². The van der Waals surface area contributed by atoms with Crippen LogP contribution in [0, 0.1) is 29.4 Å². The van der Waals surface area contributed by atoms with E-state index in [1.54, 1.807) is 0 Å². The predicted molar refractivity (Wildman–Crippen MR) is 194 cm³/mol. The lowest BCUT2D eigenvalue weighted by Crippen LogP contribution is -2.35. The van der Waals surface area contributed by atoms with Crippen molar-refractivity contribution < 1.29 is 57.8 Å². The first kappa shape index (κ1) is 41.8. The molecule has 0 bridgehead atoms. The number of aliphatic hydroxyl groups is 1. The Bertz CT molecular complexity index is 2700. The van der Waals surface area contributed by atoms with E-state index in [1.165, 1.54) is 36.0 Å². The summed E-state index contributed by atoms with van der Waals surface area (Å²) >= 11 is 6.52. The number of hydrogen-bond acceptors (Lipinski definition) is 7. The molecule has 0 saturated heterocycles. The number of carbonyl (C=O) groups is 1. The summed E-state index contributed by atoms with van der Waals surface area (Å²) in [5.41, 5.74) is -6.34. The maximum absolute atomic E-state index is 15.4. The highest BCUT2D eigenvalue weighted by molar-refractivity contribution is 7.92. The zero-order valence-corrected chi connectivity index (χ0v) is 32.1. The number of carbonyl (C=O) groups excluding carboxylic acids is 1. The van der Waals surface area contributed by atoms with Crippen LogP contribution < -0.4 is 10.0 Å². The molecule has 312 valence electrons. The number of anilines is 1. The maximum atomic E-state index is 15.4. The first-order valence-electron chi connectivity index (χ1n) is 17.3. The topological polar surface area (TPSA) is 144 Å². The molecule has 2 aliphatic carbocycles. The average molecular weight is 874 g/mol. The van der Waals surface area contributed by atoms with E-state index >= 15 is 8.78 Å². The number of sulfonamides is 1. The zero-order chi connectivity index (χ0) is 43.1. The average Bonchev–Trinajstić information content (AvgIpc) is 3.65. The summed E-state index contributed by atoms with van der Waals surface area (Å²) in [7, 11) is -2.48. The van der Waals surface area contributed by atoms with Gasteiger partial charge in [-0.2, -0.15) is 32.1 Å². The van der Waals surface area contributed by atoms with Crippen LogP contribution in [0.1, 0.15) is 59.2 Å². The lowest BCUT2D eigenvalue weighted by atomic mass is 9.93. The third-order valence-electron chi connectivity index (χ3n) is 9.82. The number of amides is 1. The summed E-state index contributed by atoms with van der Waals surface area (Å²) in [4.78, 5) is 18.4. The number of benzene rings is 2. The van der Waals surface area contributed by atoms with Crippen molar-refractivity contribution in [2.45, 2.75) is 62.4 Å². The number of nitrogens with zero attached hydrogens (tertiary/aromatic N) is 5. The van der Waals surface area contributed by atoms with Crippen LogP contribution in [0.15, 0.2) is 42.5 Å². The largest absolute Gasteiger partial charge is 0.435 e. The molecule has 11 nitrogen and oxygen atoms in total. The van der Waals surface area contributed by atoms with Crippen LogP contribution in [0.2, 0.25) is 5.02 Å². The molecule has 1 amide bonds. The molecule has 22 heteroatoms. The van der Waals surface area contributed by atoms with E-state index < -0.39 is 99.5 Å². The Morgan fingerprint density at radius 2 is 1.75 bits per heavy atom. The van der Waals surface area contributed by atoms with Crippen LogP contribution in [0.5, 0.6) is 0 Å². The highest BCUT2D eigenvalue weighted by atomic mass is 35.5. The molecule has 1 saturated carbocycles. The minimum atomic E-state index is -5.13. The first-order valence-corrected chi connectivity index (χ1v) is 19.6. The van der Waals surface area contributed by atoms with Gasteiger partial charge >= 0.3 is 6.18 Å². The molecule has 4 atom stereocenters. The van der Waals surface area contributed by atoms with Crippen LogP contribution >= 0.6 is 11.6 Å². The molecule has 0 radical (unpaired) electrons. The van der Waals surface area contributed by atoms with Crippen LogP contribution in [-0.4, -0.2) is 62.3 Å². The second-order valence-electron chi connectivity index (χ2n) is 14.4. The predicted octanol–water partition coefficient (Wildman–Crippen LogP) is 6.83. The minimum absolute atomic E-state index is 0.0220. The minimum Gasteiger partial charge on any atom is -0.372 e. The van der Waals surface area contributed by atoms with Gasteiger partial charge in [0, 0.05) is 35.7 Å². The summed E-state index contributed by atoms with van der Waals surface area (Å²) in [6, 6.07) is 6.20. The molecule has 2 aromatic carbocycles. The number of aromatic nitrogens is 5. The Balaban J connectivity index is 1.40. The molecule has 1 fully saturated rings. The zero-order valence-electron chi connectivity index (χ0n) is 30.6. The van der Waals surface area contributed by atoms with Gasteiger partial charge in [0.15, 0.2) is 17.1 Å². The molecule has 2 unspecified atom stereocenters. The fourth-order valence-corrected chi connectivity index (χ4v) is 8.01. The Kier molecular flexibility index (Phi) is 10.2. The van der Waals surface area contributed by atoms with Gasteiger partial charge in [0.2, 0.25) is 15.9 Å². The monoisotopic (exact) mass is 873 g/mol. The Morgan fingerprint density at radius 3 is 2.37 bits per heavy atom. The van der Waals surface area contributed by atoms with E-state index in [-0.39, 0.29) is 60.9 Å². The fraction of sp³-hybridized carbons (Fsp3) is 0.351. The normalized spacial score (nSPS) is 18.5. The van der Waals surface area contributed by atoms with E-state index in [2.05, 4.69) is 31.1 Å². The molecule has 59 heavy (non-hydrogen) atoms. The number of aryl methyl sites for hydroxylation is 1. The number of rotatable bonds is 10. The summed E-state index contributed by atoms with van der Waals surface area (Å²) in [5.74, 6) is -5.41. The molecule has 5 aromatic rings. The van der Waals surface area contributed by atoms with Crippen molar-refractivity contribution in [3.05, 3.63) is 93.0 Å². The fourth-order valence-electron chi connectivity index (χ4n) is 7.27. The van der Waals surface area contributed by atoms with Crippen molar-refractivity contribution in [1.29, 1.82) is 0 Å².